The molecule has 0 saturated heterocycles. The number of urea groups is 1. The van der Waals surface area contributed by atoms with Gasteiger partial charge in [0.2, 0.25) is 0 Å². The molecule has 1 aromatic heterocycles. The minimum atomic E-state index is -4.47. The van der Waals surface area contributed by atoms with E-state index in [0.717, 1.165) is 49.5 Å². The molecule has 160 valence electrons. The molecule has 0 saturated carbocycles. The van der Waals surface area contributed by atoms with Gasteiger partial charge in [-0.25, -0.2) is 4.79 Å². The Hall–Kier alpha value is -2.39. The van der Waals surface area contributed by atoms with E-state index in [1.54, 1.807) is 5.38 Å². The first-order valence-corrected chi connectivity index (χ1v) is 9.97. The largest absolute Gasteiger partial charge is 0.416 e. The van der Waals surface area contributed by atoms with Crippen LogP contribution in [0.2, 0.25) is 0 Å². The number of anilines is 2. The van der Waals surface area contributed by atoms with E-state index in [-0.39, 0.29) is 11.5 Å². The molecule has 1 aromatic carbocycles. The van der Waals surface area contributed by atoms with E-state index in [2.05, 4.69) is 24.5 Å². The lowest BCUT2D eigenvalue weighted by Gasteiger charge is -2.10. The lowest BCUT2D eigenvalue weighted by Crippen LogP contribution is -2.19. The van der Waals surface area contributed by atoms with Gasteiger partial charge in [-0.05, 0) is 44.0 Å². The second kappa shape index (κ2) is 12.2. The molecule has 2 aromatic rings. The normalized spacial score (nSPS) is 10.7. The van der Waals surface area contributed by atoms with Crippen molar-refractivity contribution in [3.05, 3.63) is 46.8 Å². The Morgan fingerprint density at radius 2 is 1.72 bits per heavy atom. The van der Waals surface area contributed by atoms with Crippen molar-refractivity contribution in [1.82, 2.24) is 0 Å². The van der Waals surface area contributed by atoms with Crippen LogP contribution in [0.4, 0.5) is 28.7 Å². The Labute approximate surface area is 172 Å². The number of amides is 2. The van der Waals surface area contributed by atoms with Crippen LogP contribution in [0.1, 0.15) is 49.5 Å². The number of hydrogen-bond donors (Lipinski definition) is 2. The summed E-state index contributed by atoms with van der Waals surface area (Å²) in [5.74, 6) is -0.136. The summed E-state index contributed by atoms with van der Waals surface area (Å²) in [6.07, 6.45) is -2.20. The van der Waals surface area contributed by atoms with Crippen molar-refractivity contribution >= 4 is 33.8 Å². The van der Waals surface area contributed by atoms with Gasteiger partial charge in [0.25, 0.3) is 0 Å². The number of benzene rings is 1. The van der Waals surface area contributed by atoms with Gasteiger partial charge in [-0.2, -0.15) is 13.2 Å². The number of ether oxygens (including phenoxy) is 1. The van der Waals surface area contributed by atoms with E-state index in [0.29, 0.717) is 10.6 Å². The Balaban J connectivity index is 0.000000516. The van der Waals surface area contributed by atoms with E-state index in [1.165, 1.54) is 25.1 Å². The van der Waals surface area contributed by atoms with Crippen molar-refractivity contribution in [2.45, 2.75) is 39.8 Å². The molecular formula is C20H25F3N2O3S. The zero-order chi connectivity index (χ0) is 21.9. The van der Waals surface area contributed by atoms with Gasteiger partial charge in [0.1, 0.15) is 0 Å². The van der Waals surface area contributed by atoms with Crippen LogP contribution in [0.15, 0.2) is 35.7 Å². The van der Waals surface area contributed by atoms with Crippen molar-refractivity contribution in [3.63, 3.8) is 0 Å². The van der Waals surface area contributed by atoms with Crippen molar-refractivity contribution in [2.75, 3.05) is 23.8 Å². The summed E-state index contributed by atoms with van der Waals surface area (Å²) in [6, 6.07) is 5.13. The number of halogens is 3. The molecule has 0 aliphatic carbocycles. The molecule has 0 spiro atoms. The molecule has 9 heteroatoms. The first-order chi connectivity index (χ1) is 13.7. The maximum atomic E-state index is 12.6. The number of carbonyl (C=O) groups is 2. The van der Waals surface area contributed by atoms with Crippen molar-refractivity contribution in [3.8, 4) is 0 Å². The third kappa shape index (κ3) is 9.58. The second-order valence-corrected chi connectivity index (χ2v) is 6.94. The van der Waals surface area contributed by atoms with Crippen LogP contribution in [-0.4, -0.2) is 25.0 Å². The first kappa shape index (κ1) is 24.6. The summed E-state index contributed by atoms with van der Waals surface area (Å²) in [7, 11) is 0. The molecule has 2 rings (SSSR count). The van der Waals surface area contributed by atoms with Crippen LogP contribution in [0.25, 0.3) is 0 Å². The predicted octanol–water partition coefficient (Wildman–Crippen LogP) is 6.44. The van der Waals surface area contributed by atoms with Crippen LogP contribution in [0.5, 0.6) is 0 Å². The molecule has 0 aliphatic rings. The minimum Gasteiger partial charge on any atom is -0.381 e. The predicted molar refractivity (Wildman–Crippen MR) is 110 cm³/mol. The van der Waals surface area contributed by atoms with Crippen molar-refractivity contribution in [2.24, 2.45) is 0 Å². The highest BCUT2D eigenvalue weighted by Crippen LogP contribution is 2.30. The highest BCUT2D eigenvalue weighted by atomic mass is 32.1. The Kier molecular flexibility index (Phi) is 10.4. The third-order valence-corrected chi connectivity index (χ3v) is 4.23. The van der Waals surface area contributed by atoms with Crippen LogP contribution < -0.4 is 10.6 Å². The van der Waals surface area contributed by atoms with Gasteiger partial charge in [-0.15, -0.1) is 11.3 Å². The standard InChI is InChI=1S/C14H11F3N2O2S.C6H14O/c1-8(20)9-5-12(22-7-9)19-13(21)18-11-4-2-3-10(6-11)14(15,16)17;1-3-5-7-6-4-2/h2-7H,1H3,(H2,18,19,21);3-6H2,1-2H3. The highest BCUT2D eigenvalue weighted by Gasteiger charge is 2.30. The van der Waals surface area contributed by atoms with Crippen molar-refractivity contribution < 1.29 is 27.5 Å². The number of nitrogens with one attached hydrogen (secondary N) is 2. The fraction of sp³-hybridized carbons (Fsp3) is 0.400. The minimum absolute atomic E-state index is 0.0238. The molecule has 0 radical (unpaired) electrons. The zero-order valence-corrected chi connectivity index (χ0v) is 17.4. The van der Waals surface area contributed by atoms with Crippen molar-refractivity contribution in [1.29, 1.82) is 0 Å². The quantitative estimate of drug-likeness (QED) is 0.392. The van der Waals surface area contributed by atoms with Gasteiger partial charge in [-0.1, -0.05) is 19.9 Å². The van der Waals surface area contributed by atoms with Gasteiger partial charge in [0.05, 0.1) is 10.6 Å². The summed E-state index contributed by atoms with van der Waals surface area (Å²) in [4.78, 5) is 22.9. The van der Waals surface area contributed by atoms with Crippen LogP contribution in [-0.2, 0) is 10.9 Å². The maximum absolute atomic E-state index is 12.6. The highest BCUT2D eigenvalue weighted by molar-refractivity contribution is 7.14. The molecule has 0 bridgehead atoms. The fourth-order valence-corrected chi connectivity index (χ4v) is 2.86. The lowest BCUT2D eigenvalue weighted by molar-refractivity contribution is -0.137. The Morgan fingerprint density at radius 3 is 2.24 bits per heavy atom. The number of thiophene rings is 1. The molecule has 2 amide bonds. The number of ketones is 1. The molecule has 29 heavy (non-hydrogen) atoms. The monoisotopic (exact) mass is 430 g/mol. The number of Topliss-reactive ketones (excluding diaryl/α,β-unsaturated/α-hetero) is 1. The molecule has 0 unspecified atom stereocenters. The summed E-state index contributed by atoms with van der Waals surface area (Å²) in [5, 5.41) is 6.78. The topological polar surface area (TPSA) is 67.4 Å². The van der Waals surface area contributed by atoms with Gasteiger partial charge >= 0.3 is 12.2 Å². The first-order valence-electron chi connectivity index (χ1n) is 9.09. The number of alkyl halides is 3. The average molecular weight is 430 g/mol. The van der Waals surface area contributed by atoms with Crippen LogP contribution in [0, 0.1) is 0 Å². The molecule has 2 N–H and O–H groups in total. The van der Waals surface area contributed by atoms with E-state index < -0.39 is 17.8 Å². The van der Waals surface area contributed by atoms with Gasteiger partial charge < -0.3 is 10.1 Å². The maximum Gasteiger partial charge on any atom is 0.416 e. The summed E-state index contributed by atoms with van der Waals surface area (Å²) >= 11 is 1.15. The smallest absolute Gasteiger partial charge is 0.381 e. The fourth-order valence-electron chi connectivity index (χ4n) is 2.02. The van der Waals surface area contributed by atoms with E-state index in [4.69, 9.17) is 4.74 Å². The lowest BCUT2D eigenvalue weighted by atomic mass is 10.2. The second-order valence-electron chi connectivity index (χ2n) is 6.03. The SMILES string of the molecule is CC(=O)c1csc(NC(=O)Nc2cccc(C(F)(F)F)c2)c1.CCCOCCC. The van der Waals surface area contributed by atoms with E-state index >= 15 is 0 Å². The molecule has 5 nitrogen and oxygen atoms in total. The summed E-state index contributed by atoms with van der Waals surface area (Å²) in [5.41, 5.74) is -0.365. The molecule has 1 heterocycles. The van der Waals surface area contributed by atoms with E-state index in [1.807, 2.05) is 0 Å². The Bertz CT molecular complexity index is 787. The molecular weight excluding hydrogens is 405 g/mol. The van der Waals surface area contributed by atoms with Crippen LogP contribution in [0.3, 0.4) is 0 Å². The van der Waals surface area contributed by atoms with Gasteiger partial charge in [0, 0.05) is 29.8 Å². The number of hydrogen-bond acceptors (Lipinski definition) is 4. The summed E-state index contributed by atoms with van der Waals surface area (Å²) < 4.78 is 42.8. The number of carbonyl (C=O) groups excluding carboxylic acids is 2. The average Bonchev–Trinajstić information content (AvgIpc) is 3.11. The number of rotatable bonds is 7. The van der Waals surface area contributed by atoms with E-state index in [9.17, 15) is 22.8 Å². The molecule has 0 atom stereocenters. The molecule has 0 fully saturated rings. The Morgan fingerprint density at radius 1 is 1.07 bits per heavy atom. The molecule has 0 aliphatic heterocycles. The van der Waals surface area contributed by atoms with Crippen LogP contribution >= 0.6 is 11.3 Å². The zero-order valence-electron chi connectivity index (χ0n) is 16.6. The summed E-state index contributed by atoms with van der Waals surface area (Å²) in [6.45, 7) is 7.49. The third-order valence-electron chi connectivity index (χ3n) is 3.39. The van der Waals surface area contributed by atoms with Gasteiger partial charge in [0.15, 0.2) is 5.78 Å². The van der Waals surface area contributed by atoms with Gasteiger partial charge in [-0.3, -0.25) is 10.1 Å².